The van der Waals surface area contributed by atoms with E-state index in [9.17, 15) is 9.59 Å². The monoisotopic (exact) mass is 246 g/mol. The predicted molar refractivity (Wildman–Crippen MR) is 58.4 cm³/mol. The molecule has 98 valence electrons. The molecule has 0 spiro atoms. The van der Waals surface area contributed by atoms with Gasteiger partial charge in [-0.15, -0.1) is 0 Å². The molecule has 7 heteroatoms. The number of rotatable bonds is 7. The van der Waals surface area contributed by atoms with E-state index in [1.807, 2.05) is 0 Å². The van der Waals surface area contributed by atoms with Crippen LogP contribution in [-0.4, -0.2) is 66.9 Å². The van der Waals surface area contributed by atoms with Gasteiger partial charge in [-0.2, -0.15) is 0 Å². The number of amides is 1. The van der Waals surface area contributed by atoms with Crippen LogP contribution in [0.25, 0.3) is 0 Å². The summed E-state index contributed by atoms with van der Waals surface area (Å²) in [6.45, 7) is 2.96. The van der Waals surface area contributed by atoms with Crippen LogP contribution in [0, 0.1) is 0 Å². The summed E-state index contributed by atoms with van der Waals surface area (Å²) in [4.78, 5) is 23.4. The Morgan fingerprint density at radius 1 is 1.41 bits per heavy atom. The first-order valence-corrected chi connectivity index (χ1v) is 5.38. The Morgan fingerprint density at radius 3 is 2.59 bits per heavy atom. The van der Waals surface area contributed by atoms with E-state index in [-0.39, 0.29) is 19.1 Å². The van der Waals surface area contributed by atoms with Crippen molar-refractivity contribution in [1.82, 2.24) is 4.90 Å². The number of carboxylic acids is 1. The van der Waals surface area contributed by atoms with Crippen molar-refractivity contribution in [3.63, 3.8) is 0 Å². The van der Waals surface area contributed by atoms with Gasteiger partial charge in [0.05, 0.1) is 19.7 Å². The lowest BCUT2D eigenvalue weighted by molar-refractivity contribution is -0.175. The van der Waals surface area contributed by atoms with E-state index in [1.54, 1.807) is 11.8 Å². The van der Waals surface area contributed by atoms with Crippen LogP contribution in [0.4, 0.5) is 0 Å². The van der Waals surface area contributed by atoms with Crippen LogP contribution in [0.1, 0.15) is 6.92 Å². The highest BCUT2D eigenvalue weighted by atomic mass is 16.5. The van der Waals surface area contributed by atoms with E-state index in [1.165, 1.54) is 0 Å². The quantitative estimate of drug-likeness (QED) is 0.539. The maximum Gasteiger partial charge on any atom is 0.329 e. The highest BCUT2D eigenvalue weighted by Crippen LogP contribution is 2.24. The van der Waals surface area contributed by atoms with Gasteiger partial charge >= 0.3 is 5.97 Å². The normalized spacial score (nSPS) is 17.6. The van der Waals surface area contributed by atoms with E-state index < -0.39 is 11.6 Å². The van der Waals surface area contributed by atoms with Gasteiger partial charge in [-0.05, 0) is 6.92 Å². The number of carbonyl (C=O) groups excluding carboxylic acids is 1. The van der Waals surface area contributed by atoms with Gasteiger partial charge in [0.15, 0.2) is 0 Å². The van der Waals surface area contributed by atoms with Crippen molar-refractivity contribution in [1.29, 1.82) is 0 Å². The number of nitrogens with two attached hydrogens (primary N) is 1. The van der Waals surface area contributed by atoms with Crippen LogP contribution in [0.5, 0.6) is 0 Å². The van der Waals surface area contributed by atoms with Crippen LogP contribution < -0.4 is 5.73 Å². The Kier molecular flexibility index (Phi) is 4.86. The van der Waals surface area contributed by atoms with Crippen molar-refractivity contribution in [2.75, 3.05) is 39.5 Å². The molecule has 1 saturated heterocycles. The fraction of sp³-hybridized carbons (Fsp3) is 0.800. The summed E-state index contributed by atoms with van der Waals surface area (Å²) in [6.07, 6.45) is 0. The molecule has 3 N–H and O–H groups in total. The highest BCUT2D eigenvalue weighted by Gasteiger charge is 2.42. The minimum Gasteiger partial charge on any atom is -0.480 e. The zero-order chi connectivity index (χ0) is 12.9. The van der Waals surface area contributed by atoms with Crippen molar-refractivity contribution in [2.45, 2.75) is 12.5 Å². The molecule has 0 aromatic carbocycles. The number of nitrogens with zero attached hydrogens (tertiary/aromatic N) is 1. The Balaban J connectivity index is 2.20. The molecule has 0 aliphatic carbocycles. The van der Waals surface area contributed by atoms with Crippen LogP contribution in [-0.2, 0) is 19.1 Å². The third-order valence-electron chi connectivity index (χ3n) is 2.44. The average molecular weight is 246 g/mol. The maximum absolute atomic E-state index is 11.5. The molecular weight excluding hydrogens is 228 g/mol. The van der Waals surface area contributed by atoms with Crippen LogP contribution in [0.3, 0.4) is 0 Å². The molecule has 0 bridgehead atoms. The van der Waals surface area contributed by atoms with Gasteiger partial charge < -0.3 is 25.2 Å². The van der Waals surface area contributed by atoms with Crippen molar-refractivity contribution >= 4 is 11.9 Å². The number of likely N-dealkylation sites (tertiary alicyclic amines) is 1. The molecule has 1 amide bonds. The average Bonchev–Trinajstić information content (AvgIpc) is 2.22. The molecule has 0 radical (unpaired) electrons. The second-order valence-corrected chi connectivity index (χ2v) is 4.22. The van der Waals surface area contributed by atoms with E-state index in [2.05, 4.69) is 0 Å². The smallest absolute Gasteiger partial charge is 0.329 e. The summed E-state index contributed by atoms with van der Waals surface area (Å²) in [6, 6.07) is 0. The second kappa shape index (κ2) is 5.95. The topological polar surface area (TPSA) is 102 Å². The molecule has 0 atom stereocenters. The highest BCUT2D eigenvalue weighted by molar-refractivity contribution is 5.78. The van der Waals surface area contributed by atoms with E-state index in [0.29, 0.717) is 26.2 Å². The molecule has 0 aromatic rings. The Bertz CT molecular complexity index is 288. The van der Waals surface area contributed by atoms with Crippen LogP contribution >= 0.6 is 0 Å². The fourth-order valence-electron chi connectivity index (χ4n) is 1.60. The lowest BCUT2D eigenvalue weighted by atomic mass is 9.96. The predicted octanol–water partition coefficient (Wildman–Crippen LogP) is -1.34. The zero-order valence-corrected chi connectivity index (χ0v) is 9.85. The van der Waals surface area contributed by atoms with Gasteiger partial charge in [0.2, 0.25) is 5.91 Å². The summed E-state index contributed by atoms with van der Waals surface area (Å²) >= 11 is 0. The molecule has 0 saturated carbocycles. The van der Waals surface area contributed by atoms with Gasteiger partial charge in [-0.3, -0.25) is 4.79 Å². The molecule has 1 aliphatic rings. The first kappa shape index (κ1) is 13.9. The third-order valence-corrected chi connectivity index (χ3v) is 2.44. The molecule has 1 heterocycles. The molecule has 7 nitrogen and oxygen atoms in total. The first-order valence-electron chi connectivity index (χ1n) is 5.38. The Morgan fingerprint density at radius 2 is 2.06 bits per heavy atom. The standard InChI is InChI=1S/C10H18N2O5/c1-10(17-5-9(14)15)6-12(7-10)8(13)4-16-3-2-11/h2-7,11H2,1H3,(H,14,15). The fourth-order valence-corrected chi connectivity index (χ4v) is 1.60. The molecule has 1 aliphatic heterocycles. The van der Waals surface area contributed by atoms with Gasteiger partial charge in [-0.25, -0.2) is 4.79 Å². The minimum atomic E-state index is -1.01. The second-order valence-electron chi connectivity index (χ2n) is 4.22. The zero-order valence-electron chi connectivity index (χ0n) is 9.85. The third kappa shape index (κ3) is 4.29. The van der Waals surface area contributed by atoms with Gasteiger partial charge in [0, 0.05) is 6.54 Å². The molecular formula is C10H18N2O5. The number of hydrogen-bond acceptors (Lipinski definition) is 5. The Hall–Kier alpha value is -1.18. The molecule has 1 rings (SSSR count). The van der Waals surface area contributed by atoms with E-state index in [0.717, 1.165) is 0 Å². The van der Waals surface area contributed by atoms with Gasteiger partial charge in [-0.1, -0.05) is 0 Å². The number of hydrogen-bond donors (Lipinski definition) is 2. The molecule has 0 aromatic heterocycles. The molecule has 17 heavy (non-hydrogen) atoms. The van der Waals surface area contributed by atoms with Crippen molar-refractivity contribution in [3.8, 4) is 0 Å². The lowest BCUT2D eigenvalue weighted by Crippen LogP contribution is -2.64. The van der Waals surface area contributed by atoms with Gasteiger partial charge in [0.1, 0.15) is 18.8 Å². The van der Waals surface area contributed by atoms with Crippen LogP contribution in [0.15, 0.2) is 0 Å². The Labute approximate surface area is 99.5 Å². The van der Waals surface area contributed by atoms with E-state index in [4.69, 9.17) is 20.3 Å². The summed E-state index contributed by atoms with van der Waals surface area (Å²) in [7, 11) is 0. The summed E-state index contributed by atoms with van der Waals surface area (Å²) in [5, 5.41) is 8.48. The number of ether oxygens (including phenoxy) is 2. The van der Waals surface area contributed by atoms with Crippen molar-refractivity contribution < 1.29 is 24.2 Å². The number of aliphatic carboxylic acids is 1. The number of carbonyl (C=O) groups is 2. The van der Waals surface area contributed by atoms with Crippen molar-refractivity contribution in [3.05, 3.63) is 0 Å². The largest absolute Gasteiger partial charge is 0.480 e. The summed E-state index contributed by atoms with van der Waals surface area (Å²) in [5.74, 6) is -1.14. The van der Waals surface area contributed by atoms with E-state index >= 15 is 0 Å². The minimum absolute atomic E-state index is 0.00616. The molecule has 0 unspecified atom stereocenters. The van der Waals surface area contributed by atoms with Crippen LogP contribution in [0.2, 0.25) is 0 Å². The summed E-state index contributed by atoms with van der Waals surface area (Å²) < 4.78 is 10.2. The number of carboxylic acid groups (broad SMARTS) is 1. The van der Waals surface area contributed by atoms with Gasteiger partial charge in [0.25, 0.3) is 0 Å². The lowest BCUT2D eigenvalue weighted by Gasteiger charge is -2.47. The van der Waals surface area contributed by atoms with Crippen molar-refractivity contribution in [2.24, 2.45) is 5.73 Å². The SMILES string of the molecule is CC1(OCC(=O)O)CN(C(=O)COCCN)C1. The maximum atomic E-state index is 11.5. The first-order chi connectivity index (χ1) is 7.97. The summed E-state index contributed by atoms with van der Waals surface area (Å²) in [5.41, 5.74) is 4.67. The molecule has 1 fully saturated rings.